The van der Waals surface area contributed by atoms with Crippen LogP contribution < -0.4 is 14.8 Å². The zero-order chi connectivity index (χ0) is 20.8. The van der Waals surface area contributed by atoms with Gasteiger partial charge >= 0.3 is 0 Å². The molecule has 1 amide bonds. The van der Waals surface area contributed by atoms with Gasteiger partial charge in [-0.2, -0.15) is 0 Å². The number of non-ortho nitro benzene ring substituents is 1. The van der Waals surface area contributed by atoms with Crippen molar-refractivity contribution in [1.82, 2.24) is 4.98 Å². The number of benzene rings is 2. The Kier molecular flexibility index (Phi) is 6.20. The SMILES string of the molecule is COc1ccc(C=CC(=O)Nc2nc(-c3ccc([N+](=O)[O-])cc3)cs2)cc1OC. The molecule has 0 spiro atoms. The second-order valence-corrected chi connectivity index (χ2v) is 6.64. The molecule has 0 unspecified atom stereocenters. The van der Waals surface area contributed by atoms with Gasteiger partial charge in [0, 0.05) is 29.2 Å². The van der Waals surface area contributed by atoms with E-state index in [0.29, 0.717) is 22.3 Å². The normalized spacial score (nSPS) is 10.7. The Balaban J connectivity index is 1.65. The molecular weight excluding hydrogens is 394 g/mol. The molecule has 0 fully saturated rings. The summed E-state index contributed by atoms with van der Waals surface area (Å²) in [5, 5.41) is 15.6. The fourth-order valence-electron chi connectivity index (χ4n) is 2.49. The third-order valence-corrected chi connectivity index (χ3v) is 4.70. The minimum absolute atomic E-state index is 0.0119. The number of methoxy groups -OCH3 is 2. The van der Waals surface area contributed by atoms with Crippen LogP contribution in [0.25, 0.3) is 17.3 Å². The van der Waals surface area contributed by atoms with Crippen LogP contribution in [0.3, 0.4) is 0 Å². The number of thiazole rings is 1. The van der Waals surface area contributed by atoms with Crippen LogP contribution in [0.1, 0.15) is 5.56 Å². The molecular formula is C20H17N3O5S. The topological polar surface area (TPSA) is 104 Å². The van der Waals surface area contributed by atoms with Gasteiger partial charge in [0.15, 0.2) is 16.6 Å². The van der Waals surface area contributed by atoms with Gasteiger partial charge in [0.2, 0.25) is 5.91 Å². The summed E-state index contributed by atoms with van der Waals surface area (Å²) in [5.74, 6) is 0.850. The van der Waals surface area contributed by atoms with Crippen LogP contribution in [0.15, 0.2) is 53.9 Å². The van der Waals surface area contributed by atoms with Crippen molar-refractivity contribution in [2.75, 3.05) is 19.5 Å². The van der Waals surface area contributed by atoms with E-state index in [-0.39, 0.29) is 11.6 Å². The van der Waals surface area contributed by atoms with Gasteiger partial charge < -0.3 is 9.47 Å². The minimum Gasteiger partial charge on any atom is -0.493 e. The van der Waals surface area contributed by atoms with Crippen molar-refractivity contribution >= 4 is 34.1 Å². The molecule has 9 heteroatoms. The molecule has 1 heterocycles. The fraction of sp³-hybridized carbons (Fsp3) is 0.100. The number of nitrogens with zero attached hydrogens (tertiary/aromatic N) is 2. The second-order valence-electron chi connectivity index (χ2n) is 5.78. The maximum absolute atomic E-state index is 12.2. The maximum Gasteiger partial charge on any atom is 0.269 e. The van der Waals surface area contributed by atoms with E-state index in [1.807, 2.05) is 0 Å². The number of carbonyl (C=O) groups is 1. The predicted octanol–water partition coefficient (Wildman–Crippen LogP) is 4.39. The van der Waals surface area contributed by atoms with Crippen molar-refractivity contribution in [2.24, 2.45) is 0 Å². The first kappa shape index (κ1) is 20.0. The van der Waals surface area contributed by atoms with Crippen molar-refractivity contribution in [1.29, 1.82) is 0 Å². The van der Waals surface area contributed by atoms with Crippen molar-refractivity contribution in [3.8, 4) is 22.8 Å². The molecule has 1 N–H and O–H groups in total. The number of amides is 1. The van der Waals surface area contributed by atoms with E-state index in [1.54, 1.807) is 56.0 Å². The van der Waals surface area contributed by atoms with Gasteiger partial charge in [0.05, 0.1) is 24.8 Å². The van der Waals surface area contributed by atoms with Gasteiger partial charge in [0.1, 0.15) is 0 Å². The number of aromatic nitrogens is 1. The number of nitro benzene ring substituents is 1. The first-order valence-corrected chi connectivity index (χ1v) is 9.29. The predicted molar refractivity (Wildman–Crippen MR) is 111 cm³/mol. The quantitative estimate of drug-likeness (QED) is 0.351. The first-order chi connectivity index (χ1) is 14.0. The molecule has 0 bridgehead atoms. The third kappa shape index (κ3) is 4.96. The molecule has 0 atom stereocenters. The van der Waals surface area contributed by atoms with Crippen molar-refractivity contribution in [3.63, 3.8) is 0 Å². The third-order valence-electron chi connectivity index (χ3n) is 3.94. The standard InChI is InChI=1S/C20H17N3O5S/c1-27-17-9-3-13(11-18(17)28-2)4-10-19(24)22-20-21-16(12-29-20)14-5-7-15(8-6-14)23(25)26/h3-12H,1-2H3,(H,21,22,24). The molecule has 29 heavy (non-hydrogen) atoms. The van der Waals surface area contributed by atoms with Gasteiger partial charge in [-0.1, -0.05) is 6.07 Å². The molecule has 0 aliphatic heterocycles. The van der Waals surface area contributed by atoms with Crippen LogP contribution in [0.2, 0.25) is 0 Å². The van der Waals surface area contributed by atoms with E-state index in [1.165, 1.54) is 29.5 Å². The van der Waals surface area contributed by atoms with Gasteiger partial charge in [-0.3, -0.25) is 20.2 Å². The Morgan fingerprint density at radius 2 is 1.86 bits per heavy atom. The lowest BCUT2D eigenvalue weighted by Crippen LogP contribution is -2.07. The lowest BCUT2D eigenvalue weighted by Gasteiger charge is -2.07. The van der Waals surface area contributed by atoms with E-state index in [0.717, 1.165) is 11.1 Å². The number of ether oxygens (including phenoxy) is 2. The molecule has 148 valence electrons. The van der Waals surface area contributed by atoms with Gasteiger partial charge in [-0.15, -0.1) is 11.3 Å². The molecule has 0 aliphatic carbocycles. The first-order valence-electron chi connectivity index (χ1n) is 8.41. The molecule has 8 nitrogen and oxygen atoms in total. The lowest BCUT2D eigenvalue weighted by molar-refractivity contribution is -0.384. The number of hydrogen-bond donors (Lipinski definition) is 1. The molecule has 0 aliphatic rings. The van der Waals surface area contributed by atoms with E-state index < -0.39 is 4.92 Å². The lowest BCUT2D eigenvalue weighted by atomic mass is 10.1. The van der Waals surface area contributed by atoms with Crippen molar-refractivity contribution in [2.45, 2.75) is 0 Å². The van der Waals surface area contributed by atoms with E-state index in [9.17, 15) is 14.9 Å². The molecule has 0 radical (unpaired) electrons. The number of hydrogen-bond acceptors (Lipinski definition) is 7. The van der Waals surface area contributed by atoms with Crippen molar-refractivity contribution in [3.05, 3.63) is 69.6 Å². The van der Waals surface area contributed by atoms with Gasteiger partial charge in [-0.05, 0) is 35.9 Å². The minimum atomic E-state index is -0.457. The Morgan fingerprint density at radius 3 is 2.52 bits per heavy atom. The number of rotatable bonds is 7. The summed E-state index contributed by atoms with van der Waals surface area (Å²) in [6, 6.07) is 11.4. The second kappa shape index (κ2) is 8.98. The Bertz CT molecular complexity index is 1060. The average Bonchev–Trinajstić information content (AvgIpc) is 3.20. The molecule has 2 aromatic carbocycles. The highest BCUT2D eigenvalue weighted by molar-refractivity contribution is 7.14. The fourth-order valence-corrected chi connectivity index (χ4v) is 3.22. The number of nitro groups is 1. The van der Waals surface area contributed by atoms with E-state index >= 15 is 0 Å². The summed E-state index contributed by atoms with van der Waals surface area (Å²) in [5.41, 5.74) is 2.15. The Morgan fingerprint density at radius 1 is 1.14 bits per heavy atom. The Hall–Kier alpha value is -3.72. The molecule has 0 saturated heterocycles. The van der Waals surface area contributed by atoms with Crippen LogP contribution in [0.5, 0.6) is 11.5 Å². The van der Waals surface area contributed by atoms with E-state index in [2.05, 4.69) is 10.3 Å². The summed E-state index contributed by atoms with van der Waals surface area (Å²) in [6.07, 6.45) is 3.05. The van der Waals surface area contributed by atoms with Crippen LogP contribution in [-0.4, -0.2) is 30.0 Å². The number of anilines is 1. The summed E-state index contributed by atoms with van der Waals surface area (Å²) in [7, 11) is 3.10. The van der Waals surface area contributed by atoms with Gasteiger partial charge in [-0.25, -0.2) is 4.98 Å². The van der Waals surface area contributed by atoms with Gasteiger partial charge in [0.25, 0.3) is 5.69 Å². The van der Waals surface area contributed by atoms with Crippen LogP contribution in [0.4, 0.5) is 10.8 Å². The zero-order valence-corrected chi connectivity index (χ0v) is 16.4. The zero-order valence-electron chi connectivity index (χ0n) is 15.6. The average molecular weight is 411 g/mol. The van der Waals surface area contributed by atoms with Crippen LogP contribution >= 0.6 is 11.3 Å². The molecule has 3 aromatic rings. The summed E-state index contributed by atoms with van der Waals surface area (Å²) < 4.78 is 10.4. The smallest absolute Gasteiger partial charge is 0.269 e. The van der Waals surface area contributed by atoms with Crippen molar-refractivity contribution < 1.29 is 19.2 Å². The largest absolute Gasteiger partial charge is 0.493 e. The highest BCUT2D eigenvalue weighted by Crippen LogP contribution is 2.28. The molecule has 3 rings (SSSR count). The van der Waals surface area contributed by atoms with Crippen LogP contribution in [0, 0.1) is 10.1 Å². The molecule has 1 aromatic heterocycles. The number of carbonyl (C=O) groups excluding carboxylic acids is 1. The summed E-state index contributed by atoms with van der Waals surface area (Å²) >= 11 is 1.27. The highest BCUT2D eigenvalue weighted by atomic mass is 32.1. The maximum atomic E-state index is 12.2. The van der Waals surface area contributed by atoms with Crippen LogP contribution in [-0.2, 0) is 4.79 Å². The van der Waals surface area contributed by atoms with E-state index in [4.69, 9.17) is 9.47 Å². The summed E-state index contributed by atoms with van der Waals surface area (Å²) in [4.78, 5) is 26.8. The monoisotopic (exact) mass is 411 g/mol. The Labute approximate surface area is 170 Å². The highest BCUT2D eigenvalue weighted by Gasteiger charge is 2.09. The number of nitrogens with one attached hydrogen (secondary N) is 1. The molecule has 0 saturated carbocycles. The summed E-state index contributed by atoms with van der Waals surface area (Å²) in [6.45, 7) is 0.